The third-order valence-electron chi connectivity index (χ3n) is 4.89. The van der Waals surface area contributed by atoms with Crippen LogP contribution in [0.3, 0.4) is 0 Å². The van der Waals surface area contributed by atoms with Gasteiger partial charge in [-0.05, 0) is 52.0 Å². The lowest BCUT2D eigenvalue weighted by Crippen LogP contribution is -2.41. The fourth-order valence-corrected chi connectivity index (χ4v) is 2.61. The maximum absolute atomic E-state index is 14.6. The summed E-state index contributed by atoms with van der Waals surface area (Å²) in [7, 11) is -0.837. The first-order chi connectivity index (χ1) is 12.6. The molecule has 0 atom stereocenters. The highest BCUT2D eigenvalue weighted by atomic mass is 19.1. The molecule has 0 unspecified atom stereocenters. The van der Waals surface area contributed by atoms with Crippen LogP contribution in [0.25, 0.3) is 0 Å². The van der Waals surface area contributed by atoms with Crippen molar-refractivity contribution in [2.45, 2.75) is 38.9 Å². The number of rotatable bonds is 3. The molecule has 2 amide bonds. The predicted octanol–water partition coefficient (Wildman–Crippen LogP) is 3.91. The van der Waals surface area contributed by atoms with E-state index >= 15 is 0 Å². The molecule has 1 fully saturated rings. The Bertz CT molecular complexity index is 858. The van der Waals surface area contributed by atoms with Crippen molar-refractivity contribution in [2.24, 2.45) is 0 Å². The zero-order valence-electron chi connectivity index (χ0n) is 15.6. The third-order valence-corrected chi connectivity index (χ3v) is 4.89. The number of anilines is 2. The van der Waals surface area contributed by atoms with Gasteiger partial charge in [0.25, 0.3) is 0 Å². The van der Waals surface area contributed by atoms with Gasteiger partial charge in [0.2, 0.25) is 0 Å². The summed E-state index contributed by atoms with van der Waals surface area (Å²) in [6, 6.07) is 9.29. The molecule has 8 heteroatoms. The number of nitrogens with one attached hydrogen (secondary N) is 2. The van der Waals surface area contributed by atoms with Crippen LogP contribution in [-0.2, 0) is 9.31 Å². The van der Waals surface area contributed by atoms with E-state index in [9.17, 15) is 13.6 Å². The van der Waals surface area contributed by atoms with E-state index in [0.717, 1.165) is 0 Å². The number of halogens is 2. The number of carbonyl (C=O) groups is 1. The second-order valence-corrected chi connectivity index (χ2v) is 7.38. The molecule has 0 aromatic heterocycles. The van der Waals surface area contributed by atoms with Gasteiger partial charge in [0, 0.05) is 11.2 Å². The summed E-state index contributed by atoms with van der Waals surface area (Å²) in [5.74, 6) is -1.13. The first-order valence-electron chi connectivity index (χ1n) is 8.57. The van der Waals surface area contributed by atoms with Crippen LogP contribution in [0.1, 0.15) is 27.7 Å². The van der Waals surface area contributed by atoms with Crippen LogP contribution in [0.2, 0.25) is 0 Å². The smallest absolute Gasteiger partial charge is 0.399 e. The monoisotopic (exact) mass is 374 g/mol. The number of benzene rings is 2. The molecule has 0 bridgehead atoms. The fourth-order valence-electron chi connectivity index (χ4n) is 2.61. The Morgan fingerprint density at radius 3 is 2.15 bits per heavy atom. The Morgan fingerprint density at radius 2 is 1.56 bits per heavy atom. The molecule has 1 aliphatic rings. The zero-order chi connectivity index (χ0) is 19.8. The van der Waals surface area contributed by atoms with E-state index in [1.165, 1.54) is 36.4 Å². The van der Waals surface area contributed by atoms with Gasteiger partial charge < -0.3 is 19.9 Å². The molecule has 2 N–H and O–H groups in total. The normalized spacial score (nSPS) is 17.6. The average molecular weight is 374 g/mol. The highest BCUT2D eigenvalue weighted by Gasteiger charge is 2.52. The van der Waals surface area contributed by atoms with E-state index in [0.29, 0.717) is 0 Å². The Kier molecular flexibility index (Phi) is 4.97. The van der Waals surface area contributed by atoms with Crippen molar-refractivity contribution in [3.63, 3.8) is 0 Å². The molecule has 0 saturated carbocycles. The van der Waals surface area contributed by atoms with Crippen LogP contribution in [-0.4, -0.2) is 24.4 Å². The molecule has 1 saturated heterocycles. The zero-order valence-corrected chi connectivity index (χ0v) is 15.6. The van der Waals surface area contributed by atoms with Crippen molar-refractivity contribution in [1.29, 1.82) is 0 Å². The minimum absolute atomic E-state index is 0.0318. The van der Waals surface area contributed by atoms with Crippen molar-refractivity contribution < 1.29 is 22.9 Å². The second-order valence-electron chi connectivity index (χ2n) is 7.38. The van der Waals surface area contributed by atoms with E-state index in [-0.39, 0.29) is 16.8 Å². The van der Waals surface area contributed by atoms with Crippen LogP contribution >= 0.6 is 0 Å². The van der Waals surface area contributed by atoms with Crippen molar-refractivity contribution in [2.75, 3.05) is 10.6 Å². The number of amides is 2. The molecule has 0 radical (unpaired) electrons. The van der Waals surface area contributed by atoms with Gasteiger partial charge in [0.1, 0.15) is 11.6 Å². The summed E-state index contributed by atoms with van der Waals surface area (Å²) in [6.07, 6.45) is 0. The number of hydrogen-bond acceptors (Lipinski definition) is 3. The van der Waals surface area contributed by atoms with Gasteiger partial charge in [-0.15, -0.1) is 0 Å². The lowest BCUT2D eigenvalue weighted by molar-refractivity contribution is 0.00578. The lowest BCUT2D eigenvalue weighted by Gasteiger charge is -2.32. The summed E-state index contributed by atoms with van der Waals surface area (Å²) < 4.78 is 39.8. The largest absolute Gasteiger partial charge is 0.497 e. The topological polar surface area (TPSA) is 59.6 Å². The first-order valence-corrected chi connectivity index (χ1v) is 8.57. The maximum atomic E-state index is 14.6. The van der Waals surface area contributed by atoms with Gasteiger partial charge in [0.15, 0.2) is 0 Å². The van der Waals surface area contributed by atoms with Crippen molar-refractivity contribution in [3.8, 4) is 0 Å². The van der Waals surface area contributed by atoms with Crippen LogP contribution < -0.4 is 16.1 Å². The molecule has 1 heterocycles. The predicted molar refractivity (Wildman–Crippen MR) is 101 cm³/mol. The van der Waals surface area contributed by atoms with Gasteiger partial charge >= 0.3 is 13.1 Å². The summed E-state index contributed by atoms with van der Waals surface area (Å²) in [5.41, 5.74) is -0.666. The van der Waals surface area contributed by atoms with Crippen molar-refractivity contribution >= 4 is 30.0 Å². The summed E-state index contributed by atoms with van der Waals surface area (Å²) in [6.45, 7) is 7.53. The summed E-state index contributed by atoms with van der Waals surface area (Å²) >= 11 is 0. The van der Waals surface area contributed by atoms with E-state index in [4.69, 9.17) is 9.31 Å². The van der Waals surface area contributed by atoms with Crippen molar-refractivity contribution in [3.05, 3.63) is 54.1 Å². The van der Waals surface area contributed by atoms with E-state index < -0.39 is 36.0 Å². The standard InChI is InChI=1S/C19H21BF2N2O3/c1-18(2)19(3,4)27-20(26-18)13-10-9-12(11-15(13)22)23-17(25)24-16-8-6-5-7-14(16)21/h5-11H,1-4H3,(H2,23,24,25). The van der Waals surface area contributed by atoms with Crippen LogP contribution in [0, 0.1) is 11.6 Å². The van der Waals surface area contributed by atoms with E-state index in [1.807, 2.05) is 27.7 Å². The molecule has 142 valence electrons. The molecule has 5 nitrogen and oxygen atoms in total. The average Bonchev–Trinajstić information content (AvgIpc) is 2.77. The molecular weight excluding hydrogens is 353 g/mol. The minimum atomic E-state index is -0.837. The molecule has 0 spiro atoms. The minimum Gasteiger partial charge on any atom is -0.399 e. The Morgan fingerprint density at radius 1 is 0.926 bits per heavy atom. The summed E-state index contributed by atoms with van der Waals surface area (Å²) in [4.78, 5) is 12.0. The second kappa shape index (κ2) is 6.94. The molecule has 27 heavy (non-hydrogen) atoms. The summed E-state index contributed by atoms with van der Waals surface area (Å²) in [5, 5.41) is 4.84. The number of hydrogen-bond donors (Lipinski definition) is 2. The van der Waals surface area contributed by atoms with Crippen molar-refractivity contribution in [1.82, 2.24) is 0 Å². The lowest BCUT2D eigenvalue weighted by atomic mass is 9.78. The molecule has 3 rings (SSSR count). The quantitative estimate of drug-likeness (QED) is 0.801. The van der Waals surface area contributed by atoms with Gasteiger partial charge in [-0.25, -0.2) is 13.6 Å². The molecule has 2 aromatic rings. The molecular formula is C19H21BF2N2O3. The fraction of sp³-hybridized carbons (Fsp3) is 0.316. The Hall–Kier alpha value is -2.45. The SMILES string of the molecule is CC1(C)OB(c2ccc(NC(=O)Nc3ccccc3F)cc2F)OC1(C)C. The highest BCUT2D eigenvalue weighted by Crippen LogP contribution is 2.36. The third kappa shape index (κ3) is 3.96. The van der Waals surface area contributed by atoms with Gasteiger partial charge in [-0.1, -0.05) is 18.2 Å². The molecule has 1 aliphatic heterocycles. The highest BCUT2D eigenvalue weighted by molar-refractivity contribution is 6.62. The number of urea groups is 1. The number of para-hydroxylation sites is 1. The van der Waals surface area contributed by atoms with Crippen LogP contribution in [0.15, 0.2) is 42.5 Å². The van der Waals surface area contributed by atoms with Crippen LogP contribution in [0.5, 0.6) is 0 Å². The maximum Gasteiger partial charge on any atom is 0.497 e. The van der Waals surface area contributed by atoms with E-state index in [1.54, 1.807) is 6.07 Å². The van der Waals surface area contributed by atoms with Gasteiger partial charge in [-0.3, -0.25) is 0 Å². The first kappa shape index (κ1) is 19.3. The Balaban J connectivity index is 1.70. The van der Waals surface area contributed by atoms with Crippen LogP contribution in [0.4, 0.5) is 25.0 Å². The van der Waals surface area contributed by atoms with E-state index in [2.05, 4.69) is 10.6 Å². The van der Waals surface area contributed by atoms with Gasteiger partial charge in [0.05, 0.1) is 16.9 Å². The number of carbonyl (C=O) groups excluding carboxylic acids is 1. The Labute approximate surface area is 157 Å². The van der Waals surface area contributed by atoms with Gasteiger partial charge in [-0.2, -0.15) is 0 Å². The molecule has 2 aromatic carbocycles. The molecule has 0 aliphatic carbocycles.